The SMILES string of the molecule is Cc1ccccc1CNC(=O)C[NH+]1CC[C@@H]2CCCC[C@@H]2C1. The number of amides is 1. The Balaban J connectivity index is 1.45. The minimum Gasteiger partial charge on any atom is -0.347 e. The number of carbonyl (C=O) groups is 1. The van der Waals surface area contributed by atoms with Crippen LogP contribution in [0.1, 0.15) is 43.2 Å². The molecule has 0 radical (unpaired) electrons. The number of carbonyl (C=O) groups excluding carboxylic acids is 1. The van der Waals surface area contributed by atoms with Crippen molar-refractivity contribution in [2.45, 2.75) is 45.6 Å². The van der Waals surface area contributed by atoms with Crippen molar-refractivity contribution in [1.29, 1.82) is 0 Å². The smallest absolute Gasteiger partial charge is 0.275 e. The summed E-state index contributed by atoms with van der Waals surface area (Å²) in [4.78, 5) is 13.7. The average Bonchev–Trinajstić information content (AvgIpc) is 2.54. The first-order chi connectivity index (χ1) is 10.7. The van der Waals surface area contributed by atoms with Gasteiger partial charge in [-0.25, -0.2) is 0 Å². The van der Waals surface area contributed by atoms with Crippen molar-refractivity contribution in [3.05, 3.63) is 35.4 Å². The van der Waals surface area contributed by atoms with Gasteiger partial charge in [0.2, 0.25) is 0 Å². The lowest BCUT2D eigenvalue weighted by Crippen LogP contribution is -3.15. The molecule has 0 spiro atoms. The Morgan fingerprint density at radius 3 is 2.77 bits per heavy atom. The van der Waals surface area contributed by atoms with E-state index in [1.165, 1.54) is 61.2 Å². The van der Waals surface area contributed by atoms with Gasteiger partial charge in [0.05, 0.1) is 13.1 Å². The zero-order chi connectivity index (χ0) is 15.4. The van der Waals surface area contributed by atoms with Crippen LogP contribution in [-0.2, 0) is 11.3 Å². The maximum atomic E-state index is 12.2. The Labute approximate surface area is 134 Å². The first kappa shape index (κ1) is 15.5. The third-order valence-corrected chi connectivity index (χ3v) is 5.63. The van der Waals surface area contributed by atoms with E-state index in [4.69, 9.17) is 0 Å². The molecule has 0 bridgehead atoms. The summed E-state index contributed by atoms with van der Waals surface area (Å²) in [7, 11) is 0. The number of fused-ring (bicyclic) bond motifs is 1. The Kier molecular flexibility index (Phi) is 5.14. The van der Waals surface area contributed by atoms with Gasteiger partial charge >= 0.3 is 0 Å². The molecule has 1 heterocycles. The molecule has 120 valence electrons. The summed E-state index contributed by atoms with van der Waals surface area (Å²) in [5.74, 6) is 2.03. The minimum atomic E-state index is 0.201. The van der Waals surface area contributed by atoms with Gasteiger partial charge in [-0.15, -0.1) is 0 Å². The third-order valence-electron chi connectivity index (χ3n) is 5.63. The molecule has 3 nitrogen and oxygen atoms in total. The van der Waals surface area contributed by atoms with E-state index in [0.717, 1.165) is 11.8 Å². The minimum absolute atomic E-state index is 0.201. The van der Waals surface area contributed by atoms with Crippen molar-refractivity contribution < 1.29 is 9.69 Å². The number of nitrogens with one attached hydrogen (secondary N) is 2. The number of benzene rings is 1. The third kappa shape index (κ3) is 3.89. The Morgan fingerprint density at radius 1 is 1.18 bits per heavy atom. The normalized spacial score (nSPS) is 28.0. The molecule has 1 aromatic carbocycles. The van der Waals surface area contributed by atoms with Gasteiger partial charge in [0.15, 0.2) is 6.54 Å². The molecule has 1 aliphatic carbocycles. The highest BCUT2D eigenvalue weighted by atomic mass is 16.2. The van der Waals surface area contributed by atoms with E-state index < -0.39 is 0 Å². The van der Waals surface area contributed by atoms with Gasteiger partial charge < -0.3 is 10.2 Å². The lowest BCUT2D eigenvalue weighted by Gasteiger charge is -2.38. The molecule has 22 heavy (non-hydrogen) atoms. The molecule has 3 rings (SSSR count). The van der Waals surface area contributed by atoms with Gasteiger partial charge in [0.1, 0.15) is 0 Å². The van der Waals surface area contributed by atoms with Gasteiger partial charge in [0, 0.05) is 12.5 Å². The van der Waals surface area contributed by atoms with Crippen molar-refractivity contribution in [2.24, 2.45) is 11.8 Å². The van der Waals surface area contributed by atoms with Crippen LogP contribution < -0.4 is 10.2 Å². The molecular weight excluding hydrogens is 272 g/mol. The number of quaternary nitrogens is 1. The van der Waals surface area contributed by atoms with E-state index in [1.807, 2.05) is 12.1 Å². The quantitative estimate of drug-likeness (QED) is 0.872. The van der Waals surface area contributed by atoms with Crippen molar-refractivity contribution in [1.82, 2.24) is 5.32 Å². The van der Waals surface area contributed by atoms with Crippen LogP contribution in [0.2, 0.25) is 0 Å². The fraction of sp³-hybridized carbons (Fsp3) is 0.632. The predicted octanol–water partition coefficient (Wildman–Crippen LogP) is 1.71. The van der Waals surface area contributed by atoms with Crippen LogP contribution in [0.15, 0.2) is 24.3 Å². The maximum Gasteiger partial charge on any atom is 0.275 e. The lowest BCUT2D eigenvalue weighted by molar-refractivity contribution is -0.902. The summed E-state index contributed by atoms with van der Waals surface area (Å²) in [6.07, 6.45) is 6.96. The molecular formula is C19H29N2O+. The molecule has 0 aromatic heterocycles. The van der Waals surface area contributed by atoms with Gasteiger partial charge in [0.25, 0.3) is 5.91 Å². The molecule has 2 aliphatic rings. The second-order valence-corrected chi connectivity index (χ2v) is 7.18. The molecule has 3 heteroatoms. The maximum absolute atomic E-state index is 12.2. The Hall–Kier alpha value is -1.35. The first-order valence-corrected chi connectivity index (χ1v) is 8.87. The summed E-state index contributed by atoms with van der Waals surface area (Å²) in [5, 5.41) is 3.10. The summed E-state index contributed by atoms with van der Waals surface area (Å²) in [6.45, 7) is 5.79. The number of hydrogen-bond acceptors (Lipinski definition) is 1. The van der Waals surface area contributed by atoms with Gasteiger partial charge in [-0.2, -0.15) is 0 Å². The molecule has 2 fully saturated rings. The van der Waals surface area contributed by atoms with Crippen LogP contribution in [0.3, 0.4) is 0 Å². The predicted molar refractivity (Wildman–Crippen MR) is 88.7 cm³/mol. The highest BCUT2D eigenvalue weighted by Crippen LogP contribution is 2.32. The molecule has 3 atom stereocenters. The molecule has 1 aromatic rings. The van der Waals surface area contributed by atoms with E-state index in [-0.39, 0.29) is 5.91 Å². The van der Waals surface area contributed by atoms with Gasteiger partial charge in [-0.3, -0.25) is 4.79 Å². The fourth-order valence-electron chi connectivity index (χ4n) is 4.25. The van der Waals surface area contributed by atoms with Crippen LogP contribution in [-0.4, -0.2) is 25.5 Å². The fourth-order valence-corrected chi connectivity index (χ4v) is 4.25. The zero-order valence-electron chi connectivity index (χ0n) is 13.7. The largest absolute Gasteiger partial charge is 0.347 e. The number of piperidine rings is 1. The second-order valence-electron chi connectivity index (χ2n) is 7.18. The molecule has 1 aliphatic heterocycles. The summed E-state index contributed by atoms with van der Waals surface area (Å²) >= 11 is 0. The Morgan fingerprint density at radius 2 is 1.95 bits per heavy atom. The van der Waals surface area contributed by atoms with E-state index in [1.54, 1.807) is 0 Å². The number of aryl methyl sites for hydroxylation is 1. The van der Waals surface area contributed by atoms with Crippen molar-refractivity contribution in [3.8, 4) is 0 Å². The summed E-state index contributed by atoms with van der Waals surface area (Å²) < 4.78 is 0. The number of likely N-dealkylation sites (tertiary alicyclic amines) is 1. The number of hydrogen-bond donors (Lipinski definition) is 2. The van der Waals surface area contributed by atoms with E-state index in [0.29, 0.717) is 13.1 Å². The van der Waals surface area contributed by atoms with Crippen LogP contribution in [0, 0.1) is 18.8 Å². The van der Waals surface area contributed by atoms with Crippen LogP contribution in [0.4, 0.5) is 0 Å². The van der Waals surface area contributed by atoms with Crippen LogP contribution in [0.5, 0.6) is 0 Å². The molecule has 1 unspecified atom stereocenters. The van der Waals surface area contributed by atoms with Crippen molar-refractivity contribution >= 4 is 5.91 Å². The van der Waals surface area contributed by atoms with Gasteiger partial charge in [-0.1, -0.05) is 37.1 Å². The average molecular weight is 301 g/mol. The monoisotopic (exact) mass is 301 g/mol. The Bertz CT molecular complexity index is 514. The molecule has 1 saturated heterocycles. The van der Waals surface area contributed by atoms with Crippen molar-refractivity contribution in [2.75, 3.05) is 19.6 Å². The first-order valence-electron chi connectivity index (χ1n) is 8.87. The highest BCUT2D eigenvalue weighted by molar-refractivity contribution is 5.76. The molecule has 1 saturated carbocycles. The lowest BCUT2D eigenvalue weighted by atomic mass is 9.75. The van der Waals surface area contributed by atoms with Crippen LogP contribution >= 0.6 is 0 Å². The van der Waals surface area contributed by atoms with E-state index in [2.05, 4.69) is 24.4 Å². The van der Waals surface area contributed by atoms with Crippen molar-refractivity contribution in [3.63, 3.8) is 0 Å². The standard InChI is InChI=1S/C19H28N2O/c1-15-6-2-3-8-17(15)12-20-19(22)14-21-11-10-16-7-4-5-9-18(16)13-21/h2-3,6,8,16,18H,4-5,7,9-14H2,1H3,(H,20,22)/p+1/t16-,18+/m0/s1. The highest BCUT2D eigenvalue weighted by Gasteiger charge is 2.34. The number of rotatable bonds is 4. The topological polar surface area (TPSA) is 33.5 Å². The molecule has 2 N–H and O–H groups in total. The van der Waals surface area contributed by atoms with Crippen LogP contribution in [0.25, 0.3) is 0 Å². The van der Waals surface area contributed by atoms with E-state index in [9.17, 15) is 4.79 Å². The summed E-state index contributed by atoms with van der Waals surface area (Å²) in [6, 6.07) is 8.27. The molecule has 1 amide bonds. The zero-order valence-corrected chi connectivity index (χ0v) is 13.7. The van der Waals surface area contributed by atoms with Gasteiger partial charge in [-0.05, 0) is 43.2 Å². The summed E-state index contributed by atoms with van der Waals surface area (Å²) in [5.41, 5.74) is 2.47. The van der Waals surface area contributed by atoms with E-state index >= 15 is 0 Å². The second kappa shape index (κ2) is 7.28.